The molecule has 0 atom stereocenters. The zero-order valence-electron chi connectivity index (χ0n) is 14.4. The summed E-state index contributed by atoms with van der Waals surface area (Å²) < 4.78 is 2.00. The van der Waals surface area contributed by atoms with Gasteiger partial charge in [-0.15, -0.1) is 0 Å². The first-order valence-electron chi connectivity index (χ1n) is 8.22. The van der Waals surface area contributed by atoms with Gasteiger partial charge in [0.1, 0.15) is 11.5 Å². The van der Waals surface area contributed by atoms with Gasteiger partial charge in [-0.2, -0.15) is 0 Å². The van der Waals surface area contributed by atoms with Gasteiger partial charge in [0.05, 0.1) is 33.4 Å². The molecule has 4 rings (SSSR count). The van der Waals surface area contributed by atoms with E-state index in [4.69, 9.17) is 0 Å². The van der Waals surface area contributed by atoms with Crippen molar-refractivity contribution in [2.45, 2.75) is 13.5 Å². The van der Waals surface area contributed by atoms with Crippen LogP contribution in [0.1, 0.15) is 11.4 Å². The van der Waals surface area contributed by atoms with Crippen LogP contribution in [0.3, 0.4) is 0 Å². The van der Waals surface area contributed by atoms with E-state index in [1.807, 2.05) is 36.7 Å². The number of imidazole rings is 1. The summed E-state index contributed by atoms with van der Waals surface area (Å²) in [6.07, 6.45) is 1.63. The van der Waals surface area contributed by atoms with E-state index in [9.17, 15) is 10.1 Å². The van der Waals surface area contributed by atoms with Crippen molar-refractivity contribution >= 4 is 33.3 Å². The maximum atomic E-state index is 11.6. The number of rotatable bonds is 4. The molecule has 4 aromatic rings. The van der Waals surface area contributed by atoms with Gasteiger partial charge in [0.15, 0.2) is 0 Å². The molecule has 0 aliphatic heterocycles. The van der Waals surface area contributed by atoms with Crippen molar-refractivity contribution in [2.75, 3.05) is 5.32 Å². The number of nitro benzene ring substituents is 1. The zero-order chi connectivity index (χ0) is 18.3. The van der Waals surface area contributed by atoms with Crippen molar-refractivity contribution in [3.63, 3.8) is 0 Å². The van der Waals surface area contributed by atoms with Crippen LogP contribution >= 0.6 is 0 Å². The Morgan fingerprint density at radius 3 is 2.85 bits per heavy atom. The van der Waals surface area contributed by atoms with Crippen LogP contribution in [-0.4, -0.2) is 19.5 Å². The predicted octanol–water partition coefficient (Wildman–Crippen LogP) is 3.95. The molecule has 0 bridgehead atoms. The number of hydrogen-bond donors (Lipinski definition) is 1. The van der Waals surface area contributed by atoms with E-state index >= 15 is 0 Å². The van der Waals surface area contributed by atoms with Gasteiger partial charge in [-0.1, -0.05) is 6.07 Å². The first-order chi connectivity index (χ1) is 12.5. The Hall–Kier alpha value is -3.48. The lowest BCUT2D eigenvalue weighted by Gasteiger charge is -2.09. The molecule has 1 N–H and O–H groups in total. The Bertz CT molecular complexity index is 1150. The fourth-order valence-electron chi connectivity index (χ4n) is 3.17. The van der Waals surface area contributed by atoms with Crippen LogP contribution in [-0.2, 0) is 13.6 Å². The number of nitrogens with zero attached hydrogens (tertiary/aromatic N) is 4. The van der Waals surface area contributed by atoms with Crippen LogP contribution < -0.4 is 5.32 Å². The summed E-state index contributed by atoms with van der Waals surface area (Å²) in [5, 5.41) is 15.3. The average molecular weight is 347 g/mol. The second-order valence-corrected chi connectivity index (χ2v) is 6.22. The third-order valence-electron chi connectivity index (χ3n) is 4.51. The van der Waals surface area contributed by atoms with E-state index in [1.165, 1.54) is 0 Å². The maximum absolute atomic E-state index is 11.6. The number of aryl methyl sites for hydroxylation is 2. The van der Waals surface area contributed by atoms with Gasteiger partial charge in [0.2, 0.25) is 0 Å². The summed E-state index contributed by atoms with van der Waals surface area (Å²) in [6, 6.07) is 13.0. The van der Waals surface area contributed by atoms with E-state index in [0.717, 1.165) is 22.4 Å². The van der Waals surface area contributed by atoms with Crippen molar-refractivity contribution in [2.24, 2.45) is 7.05 Å². The number of nitro groups is 1. The molecule has 2 aromatic heterocycles. The third kappa shape index (κ3) is 2.63. The number of nitrogens with one attached hydrogen (secondary N) is 1. The molecule has 7 nitrogen and oxygen atoms in total. The molecule has 2 heterocycles. The summed E-state index contributed by atoms with van der Waals surface area (Å²) >= 11 is 0. The highest BCUT2D eigenvalue weighted by atomic mass is 16.6. The van der Waals surface area contributed by atoms with Crippen molar-refractivity contribution in [3.05, 3.63) is 70.2 Å². The molecule has 26 heavy (non-hydrogen) atoms. The Morgan fingerprint density at radius 1 is 1.19 bits per heavy atom. The smallest absolute Gasteiger partial charge is 0.301 e. The minimum absolute atomic E-state index is 0.0326. The van der Waals surface area contributed by atoms with Crippen LogP contribution in [0, 0.1) is 17.0 Å². The monoisotopic (exact) mass is 347 g/mol. The molecule has 0 aliphatic carbocycles. The number of benzene rings is 2. The van der Waals surface area contributed by atoms with Gasteiger partial charge in [-0.3, -0.25) is 15.1 Å². The topological polar surface area (TPSA) is 85.9 Å². The molecular formula is C19H17N5O2. The minimum atomic E-state index is -0.370. The summed E-state index contributed by atoms with van der Waals surface area (Å²) in [5.41, 5.74) is 4.19. The average Bonchev–Trinajstić information content (AvgIpc) is 2.94. The summed E-state index contributed by atoms with van der Waals surface area (Å²) in [7, 11) is 1.94. The van der Waals surface area contributed by atoms with Gasteiger partial charge in [0.25, 0.3) is 0 Å². The molecule has 0 saturated carbocycles. The molecule has 0 radical (unpaired) electrons. The second kappa shape index (κ2) is 6.11. The highest BCUT2D eigenvalue weighted by Gasteiger charge is 2.19. The number of aromatic nitrogens is 3. The second-order valence-electron chi connectivity index (χ2n) is 6.22. The molecule has 0 spiro atoms. The Balaban J connectivity index is 1.71. The zero-order valence-corrected chi connectivity index (χ0v) is 14.4. The SMILES string of the molecule is Cc1ccc2c(c1)nc(CNc1ccc3ncccc3c1[N+](=O)[O-])n2C. The number of hydrogen-bond acceptors (Lipinski definition) is 5. The van der Waals surface area contributed by atoms with E-state index in [2.05, 4.69) is 15.3 Å². The van der Waals surface area contributed by atoms with Crippen molar-refractivity contribution in [3.8, 4) is 0 Å². The van der Waals surface area contributed by atoms with Crippen molar-refractivity contribution < 1.29 is 4.92 Å². The number of fused-ring (bicyclic) bond motifs is 2. The number of anilines is 1. The fraction of sp³-hybridized carbons (Fsp3) is 0.158. The lowest BCUT2D eigenvalue weighted by molar-refractivity contribution is -0.382. The highest BCUT2D eigenvalue weighted by molar-refractivity contribution is 5.94. The van der Waals surface area contributed by atoms with Gasteiger partial charge in [-0.05, 0) is 48.9 Å². The molecule has 0 fully saturated rings. The third-order valence-corrected chi connectivity index (χ3v) is 4.51. The summed E-state index contributed by atoms with van der Waals surface area (Å²) in [6.45, 7) is 2.41. The van der Waals surface area contributed by atoms with Crippen LogP contribution in [0.5, 0.6) is 0 Å². The predicted molar refractivity (Wildman–Crippen MR) is 101 cm³/mol. The molecular weight excluding hydrogens is 330 g/mol. The van der Waals surface area contributed by atoms with E-state index in [-0.39, 0.29) is 10.6 Å². The lowest BCUT2D eigenvalue weighted by atomic mass is 10.1. The Labute approximate surface area is 149 Å². The first-order valence-corrected chi connectivity index (χ1v) is 8.22. The molecule has 7 heteroatoms. The molecule has 0 unspecified atom stereocenters. The van der Waals surface area contributed by atoms with Crippen molar-refractivity contribution in [1.82, 2.24) is 14.5 Å². The standard InChI is InChI=1S/C19H17N5O2/c1-12-5-8-17-16(10-12)22-18(23(17)2)11-21-15-7-6-14-13(4-3-9-20-14)19(15)24(25)26/h3-10,21H,11H2,1-2H3. The quantitative estimate of drug-likeness (QED) is 0.446. The van der Waals surface area contributed by atoms with E-state index in [0.29, 0.717) is 23.1 Å². The van der Waals surface area contributed by atoms with Gasteiger partial charge in [0, 0.05) is 13.2 Å². The molecule has 2 aromatic carbocycles. The fourth-order valence-corrected chi connectivity index (χ4v) is 3.17. The molecule has 0 saturated heterocycles. The number of pyridine rings is 1. The van der Waals surface area contributed by atoms with Gasteiger partial charge in [-0.25, -0.2) is 4.98 Å². The van der Waals surface area contributed by atoms with E-state index < -0.39 is 0 Å². The normalized spacial score (nSPS) is 11.2. The van der Waals surface area contributed by atoms with Crippen molar-refractivity contribution in [1.29, 1.82) is 0 Å². The van der Waals surface area contributed by atoms with Crippen LogP contribution in [0.25, 0.3) is 21.9 Å². The van der Waals surface area contributed by atoms with E-state index in [1.54, 1.807) is 30.5 Å². The van der Waals surface area contributed by atoms with Crippen LogP contribution in [0.4, 0.5) is 11.4 Å². The largest absolute Gasteiger partial charge is 0.372 e. The first kappa shape index (κ1) is 16.0. The molecule has 130 valence electrons. The minimum Gasteiger partial charge on any atom is -0.372 e. The lowest BCUT2D eigenvalue weighted by Crippen LogP contribution is -2.07. The highest BCUT2D eigenvalue weighted by Crippen LogP contribution is 2.32. The summed E-state index contributed by atoms with van der Waals surface area (Å²) in [4.78, 5) is 20.1. The molecule has 0 amide bonds. The van der Waals surface area contributed by atoms with Crippen LogP contribution in [0.2, 0.25) is 0 Å². The molecule has 0 aliphatic rings. The Kier molecular flexibility index (Phi) is 3.76. The van der Waals surface area contributed by atoms with Crippen LogP contribution in [0.15, 0.2) is 48.7 Å². The van der Waals surface area contributed by atoms with Gasteiger partial charge >= 0.3 is 5.69 Å². The maximum Gasteiger partial charge on any atom is 0.301 e. The summed E-state index contributed by atoms with van der Waals surface area (Å²) in [5.74, 6) is 0.811. The Morgan fingerprint density at radius 2 is 2.04 bits per heavy atom. The van der Waals surface area contributed by atoms with Gasteiger partial charge < -0.3 is 9.88 Å².